The molecule has 3 nitrogen and oxygen atoms in total. The first-order chi connectivity index (χ1) is 11.3. The van der Waals surface area contributed by atoms with Crippen molar-refractivity contribution in [3.05, 3.63) is 71.6 Å². The monoisotopic (exact) mass is 322 g/mol. The molecule has 0 bridgehead atoms. The van der Waals surface area contributed by atoms with Gasteiger partial charge < -0.3 is 5.32 Å². The lowest BCUT2D eigenvalue weighted by atomic mass is 9.96. The predicted molar refractivity (Wildman–Crippen MR) is 95.7 cm³/mol. The number of thiazole rings is 1. The molecule has 1 aromatic heterocycles. The van der Waals surface area contributed by atoms with Crippen molar-refractivity contribution in [2.24, 2.45) is 0 Å². The number of aromatic nitrogens is 1. The number of nitrogens with zero attached hydrogens (tertiary/aromatic N) is 1. The number of benzene rings is 2. The van der Waals surface area contributed by atoms with Crippen molar-refractivity contribution in [3.8, 4) is 11.3 Å². The molecule has 1 atom stereocenters. The summed E-state index contributed by atoms with van der Waals surface area (Å²) in [5.41, 5.74) is 2.98. The van der Waals surface area contributed by atoms with Crippen LogP contribution in [0.1, 0.15) is 24.8 Å². The van der Waals surface area contributed by atoms with E-state index in [0.29, 0.717) is 5.13 Å². The van der Waals surface area contributed by atoms with E-state index in [2.05, 4.69) is 10.3 Å². The molecule has 4 heteroatoms. The lowest BCUT2D eigenvalue weighted by molar-refractivity contribution is -0.117. The molecular formula is C19H18N2OS. The van der Waals surface area contributed by atoms with Gasteiger partial charge in [-0.1, -0.05) is 67.6 Å². The SMILES string of the molecule is CC[C@@H](C(=O)Nc1nc(-c2ccccc2)cs1)c1ccccc1. The van der Waals surface area contributed by atoms with E-state index in [1.165, 1.54) is 11.3 Å². The minimum atomic E-state index is -0.153. The zero-order valence-electron chi connectivity index (χ0n) is 12.9. The van der Waals surface area contributed by atoms with Gasteiger partial charge in [-0.2, -0.15) is 0 Å². The van der Waals surface area contributed by atoms with E-state index in [1.807, 2.05) is 73.0 Å². The molecule has 1 N–H and O–H groups in total. The lowest BCUT2D eigenvalue weighted by Gasteiger charge is -2.14. The van der Waals surface area contributed by atoms with Crippen LogP contribution in [0.4, 0.5) is 5.13 Å². The van der Waals surface area contributed by atoms with E-state index < -0.39 is 0 Å². The van der Waals surface area contributed by atoms with Gasteiger partial charge in [-0.25, -0.2) is 4.98 Å². The molecule has 0 aliphatic carbocycles. The quantitative estimate of drug-likeness (QED) is 0.722. The molecule has 0 radical (unpaired) electrons. The number of carbonyl (C=O) groups excluding carboxylic acids is 1. The average Bonchev–Trinajstić information content (AvgIpc) is 3.06. The average molecular weight is 322 g/mol. The van der Waals surface area contributed by atoms with Gasteiger partial charge in [0.25, 0.3) is 0 Å². The van der Waals surface area contributed by atoms with Crippen LogP contribution in [0.15, 0.2) is 66.0 Å². The van der Waals surface area contributed by atoms with E-state index in [4.69, 9.17) is 0 Å². The Morgan fingerprint density at radius 3 is 2.39 bits per heavy atom. The summed E-state index contributed by atoms with van der Waals surface area (Å²) in [5.74, 6) is -0.159. The van der Waals surface area contributed by atoms with E-state index in [9.17, 15) is 4.79 Å². The maximum Gasteiger partial charge on any atom is 0.233 e. The van der Waals surface area contributed by atoms with Crippen molar-refractivity contribution in [1.82, 2.24) is 4.98 Å². The number of rotatable bonds is 5. The highest BCUT2D eigenvalue weighted by atomic mass is 32.1. The second-order valence-corrected chi connectivity index (χ2v) is 6.12. The van der Waals surface area contributed by atoms with Gasteiger partial charge in [0.05, 0.1) is 11.6 Å². The topological polar surface area (TPSA) is 42.0 Å². The number of hydrogen-bond donors (Lipinski definition) is 1. The van der Waals surface area contributed by atoms with E-state index >= 15 is 0 Å². The first-order valence-electron chi connectivity index (χ1n) is 7.64. The molecule has 0 aliphatic rings. The van der Waals surface area contributed by atoms with Crippen LogP contribution in [0.3, 0.4) is 0 Å². The van der Waals surface area contributed by atoms with Gasteiger partial charge in [-0.3, -0.25) is 4.79 Å². The minimum absolute atomic E-state index is 0.00679. The predicted octanol–water partition coefficient (Wildman–Crippen LogP) is 4.94. The molecule has 1 amide bonds. The van der Waals surface area contributed by atoms with Crippen LogP contribution >= 0.6 is 11.3 Å². The van der Waals surface area contributed by atoms with Crippen molar-refractivity contribution >= 4 is 22.4 Å². The molecule has 3 aromatic rings. The van der Waals surface area contributed by atoms with Crippen LogP contribution in [-0.2, 0) is 4.79 Å². The summed E-state index contributed by atoms with van der Waals surface area (Å²) in [7, 11) is 0. The van der Waals surface area contributed by atoms with E-state index in [-0.39, 0.29) is 11.8 Å². The maximum absolute atomic E-state index is 12.5. The Balaban J connectivity index is 1.74. The molecule has 116 valence electrons. The molecule has 1 heterocycles. The highest BCUT2D eigenvalue weighted by molar-refractivity contribution is 7.14. The molecule has 2 aromatic carbocycles. The first-order valence-corrected chi connectivity index (χ1v) is 8.52. The van der Waals surface area contributed by atoms with Crippen LogP contribution in [-0.4, -0.2) is 10.9 Å². The fourth-order valence-corrected chi connectivity index (χ4v) is 3.25. The van der Waals surface area contributed by atoms with Gasteiger partial charge in [0, 0.05) is 10.9 Å². The van der Waals surface area contributed by atoms with E-state index in [1.54, 1.807) is 0 Å². The highest BCUT2D eigenvalue weighted by Gasteiger charge is 2.19. The molecule has 0 unspecified atom stereocenters. The van der Waals surface area contributed by atoms with Gasteiger partial charge in [-0.05, 0) is 12.0 Å². The fraction of sp³-hybridized carbons (Fsp3) is 0.158. The first kappa shape index (κ1) is 15.4. The summed E-state index contributed by atoms with van der Waals surface area (Å²) in [4.78, 5) is 17.1. The number of amides is 1. The Morgan fingerprint density at radius 2 is 1.74 bits per heavy atom. The molecule has 0 spiro atoms. The van der Waals surface area contributed by atoms with Crippen molar-refractivity contribution < 1.29 is 4.79 Å². The molecule has 0 fully saturated rings. The Bertz CT molecular complexity index is 768. The van der Waals surface area contributed by atoms with Gasteiger partial charge in [0.15, 0.2) is 5.13 Å². The Morgan fingerprint density at radius 1 is 1.09 bits per heavy atom. The third kappa shape index (κ3) is 3.66. The zero-order valence-corrected chi connectivity index (χ0v) is 13.7. The van der Waals surface area contributed by atoms with Crippen LogP contribution in [0.2, 0.25) is 0 Å². The molecule has 23 heavy (non-hydrogen) atoms. The second kappa shape index (κ2) is 7.20. The summed E-state index contributed by atoms with van der Waals surface area (Å²) in [6.07, 6.45) is 0.757. The smallest absolute Gasteiger partial charge is 0.233 e. The van der Waals surface area contributed by atoms with Crippen molar-refractivity contribution in [3.63, 3.8) is 0 Å². The molecule has 0 saturated heterocycles. The van der Waals surface area contributed by atoms with E-state index in [0.717, 1.165) is 23.2 Å². The molecule has 3 rings (SSSR count). The van der Waals surface area contributed by atoms with Crippen molar-refractivity contribution in [2.75, 3.05) is 5.32 Å². The largest absolute Gasteiger partial charge is 0.301 e. The summed E-state index contributed by atoms with van der Waals surface area (Å²) in [6.45, 7) is 2.02. The van der Waals surface area contributed by atoms with Crippen LogP contribution in [0, 0.1) is 0 Å². The third-order valence-electron chi connectivity index (χ3n) is 3.73. The zero-order chi connectivity index (χ0) is 16.1. The highest BCUT2D eigenvalue weighted by Crippen LogP contribution is 2.26. The number of nitrogens with one attached hydrogen (secondary N) is 1. The van der Waals surface area contributed by atoms with Gasteiger partial charge in [0.1, 0.15) is 0 Å². The molecule has 0 aliphatic heterocycles. The van der Waals surface area contributed by atoms with Crippen LogP contribution in [0.25, 0.3) is 11.3 Å². The Kier molecular flexibility index (Phi) is 4.83. The summed E-state index contributed by atoms with van der Waals surface area (Å²) in [6, 6.07) is 19.8. The van der Waals surface area contributed by atoms with Gasteiger partial charge in [-0.15, -0.1) is 11.3 Å². The summed E-state index contributed by atoms with van der Waals surface area (Å²) in [5, 5.41) is 5.56. The maximum atomic E-state index is 12.5. The molecule has 0 saturated carbocycles. The summed E-state index contributed by atoms with van der Waals surface area (Å²) < 4.78 is 0. The summed E-state index contributed by atoms with van der Waals surface area (Å²) >= 11 is 1.45. The third-order valence-corrected chi connectivity index (χ3v) is 4.49. The number of hydrogen-bond acceptors (Lipinski definition) is 3. The normalized spacial score (nSPS) is 11.9. The fourth-order valence-electron chi connectivity index (χ4n) is 2.52. The lowest BCUT2D eigenvalue weighted by Crippen LogP contribution is -2.20. The van der Waals surface area contributed by atoms with Crippen molar-refractivity contribution in [2.45, 2.75) is 19.3 Å². The number of anilines is 1. The standard InChI is InChI=1S/C19H18N2OS/c1-2-16(14-9-5-3-6-10-14)18(22)21-19-20-17(13-23-19)15-11-7-4-8-12-15/h3-13,16H,2H2,1H3,(H,20,21,22)/t16-/m1/s1. The Hall–Kier alpha value is -2.46. The van der Waals surface area contributed by atoms with Gasteiger partial charge >= 0.3 is 0 Å². The molecular weight excluding hydrogens is 304 g/mol. The van der Waals surface area contributed by atoms with Crippen LogP contribution in [0.5, 0.6) is 0 Å². The second-order valence-electron chi connectivity index (χ2n) is 5.26. The van der Waals surface area contributed by atoms with Crippen LogP contribution < -0.4 is 5.32 Å². The minimum Gasteiger partial charge on any atom is -0.301 e. The van der Waals surface area contributed by atoms with Gasteiger partial charge in [0.2, 0.25) is 5.91 Å². The Labute approximate surface area is 140 Å². The number of carbonyl (C=O) groups is 1. The van der Waals surface area contributed by atoms with Crippen molar-refractivity contribution in [1.29, 1.82) is 0 Å².